The normalized spacial score (nSPS) is 18.9. The molecule has 1 aromatic carbocycles. The maximum absolute atomic E-state index is 11.7. The molecule has 0 saturated heterocycles. The molecule has 2 rings (SSSR count). The Morgan fingerprint density at radius 1 is 1.25 bits per heavy atom. The van der Waals surface area contributed by atoms with Crippen LogP contribution < -0.4 is 4.31 Å². The molecule has 0 spiro atoms. The van der Waals surface area contributed by atoms with Crippen molar-refractivity contribution in [2.45, 2.75) is 12.8 Å². The zero-order valence-electron chi connectivity index (χ0n) is 10.2. The van der Waals surface area contributed by atoms with E-state index < -0.39 is 22.7 Å². The van der Waals surface area contributed by atoms with Gasteiger partial charge in [-0.15, -0.1) is 0 Å². The number of amides is 1. The largest absolute Gasteiger partial charge is 0.481 e. The molecular formula is C12H12ClNO5S. The van der Waals surface area contributed by atoms with Crippen molar-refractivity contribution in [3.63, 3.8) is 0 Å². The highest BCUT2D eigenvalue weighted by atomic mass is 35.5. The summed E-state index contributed by atoms with van der Waals surface area (Å²) in [5.74, 6) is -1.50. The van der Waals surface area contributed by atoms with Crippen LogP contribution in [0.15, 0.2) is 34.7 Å². The van der Waals surface area contributed by atoms with E-state index in [0.717, 1.165) is 15.9 Å². The van der Waals surface area contributed by atoms with Gasteiger partial charge in [-0.25, -0.2) is 0 Å². The quantitative estimate of drug-likeness (QED) is 0.793. The number of carbonyl (C=O) groups is 2. The van der Waals surface area contributed by atoms with Gasteiger partial charge in [0.2, 0.25) is 0 Å². The molecule has 3 N–H and O–H groups in total. The molecule has 1 aromatic rings. The molecule has 1 amide bonds. The molecule has 0 fully saturated rings. The Labute approximate surface area is 121 Å². The fraction of sp³-hybridized carbons (Fsp3) is 0.167. The Balaban J connectivity index is 2.19. The van der Waals surface area contributed by atoms with E-state index in [9.17, 15) is 18.7 Å². The standard InChI is InChI=1S/C12H12ClNO5S/c13-10-7-11(15)14(20(10,18)19)9-4-1-8(2-5-9)3-6-12(16)17/h1-2,4-5,7,18-19H,3,6H2,(H,16,17). The molecule has 1 aliphatic heterocycles. The molecule has 0 radical (unpaired) electrons. The van der Waals surface area contributed by atoms with E-state index >= 15 is 0 Å². The minimum Gasteiger partial charge on any atom is -0.481 e. The van der Waals surface area contributed by atoms with Crippen LogP contribution in [-0.2, 0) is 16.0 Å². The topological polar surface area (TPSA) is 98.1 Å². The molecule has 8 heteroatoms. The average molecular weight is 318 g/mol. The van der Waals surface area contributed by atoms with Crippen LogP contribution in [0.4, 0.5) is 5.69 Å². The van der Waals surface area contributed by atoms with Gasteiger partial charge in [-0.1, -0.05) is 34.5 Å². The van der Waals surface area contributed by atoms with E-state index in [1.807, 2.05) is 0 Å². The zero-order valence-corrected chi connectivity index (χ0v) is 11.8. The summed E-state index contributed by atoms with van der Waals surface area (Å²) in [6.45, 7) is 0. The molecular weight excluding hydrogens is 306 g/mol. The summed E-state index contributed by atoms with van der Waals surface area (Å²) in [7, 11) is -3.49. The van der Waals surface area contributed by atoms with Crippen LogP contribution in [0.3, 0.4) is 0 Å². The summed E-state index contributed by atoms with van der Waals surface area (Å²) < 4.78 is 20.3. The molecule has 0 atom stereocenters. The third-order valence-corrected chi connectivity index (χ3v) is 5.02. The van der Waals surface area contributed by atoms with E-state index in [2.05, 4.69) is 0 Å². The van der Waals surface area contributed by atoms with Gasteiger partial charge in [-0.2, -0.15) is 4.31 Å². The summed E-state index contributed by atoms with van der Waals surface area (Å²) in [5, 5.41) is 8.60. The van der Waals surface area contributed by atoms with E-state index in [4.69, 9.17) is 16.7 Å². The number of rotatable bonds is 4. The minimum absolute atomic E-state index is 0.00453. The molecule has 0 aromatic heterocycles. The van der Waals surface area contributed by atoms with Crippen LogP contribution in [0.5, 0.6) is 0 Å². The highest BCUT2D eigenvalue weighted by Gasteiger charge is 2.38. The van der Waals surface area contributed by atoms with Crippen molar-refractivity contribution in [2.24, 2.45) is 0 Å². The summed E-state index contributed by atoms with van der Waals surface area (Å²) in [6, 6.07) is 6.31. The molecule has 1 aliphatic rings. The first-order chi connectivity index (χ1) is 9.32. The fourth-order valence-corrected chi connectivity index (χ4v) is 3.22. The molecule has 20 heavy (non-hydrogen) atoms. The second-order valence-corrected chi connectivity index (χ2v) is 6.63. The Morgan fingerprint density at radius 3 is 2.30 bits per heavy atom. The lowest BCUT2D eigenvalue weighted by atomic mass is 10.1. The molecule has 0 aliphatic carbocycles. The predicted octanol–water partition coefficient (Wildman–Crippen LogP) is 2.80. The van der Waals surface area contributed by atoms with E-state index in [1.165, 1.54) is 12.1 Å². The van der Waals surface area contributed by atoms with E-state index in [1.54, 1.807) is 12.1 Å². The van der Waals surface area contributed by atoms with Gasteiger partial charge in [0.15, 0.2) is 4.36 Å². The SMILES string of the molecule is O=C(O)CCc1ccc(N2C(=O)C=C(Cl)S2(O)O)cc1. The predicted molar refractivity (Wildman–Crippen MR) is 76.7 cm³/mol. The number of aryl methyl sites for hydroxylation is 1. The Morgan fingerprint density at radius 2 is 1.85 bits per heavy atom. The van der Waals surface area contributed by atoms with Gasteiger partial charge < -0.3 is 5.11 Å². The van der Waals surface area contributed by atoms with Crippen LogP contribution in [0.25, 0.3) is 0 Å². The highest BCUT2D eigenvalue weighted by Crippen LogP contribution is 2.58. The number of aliphatic carboxylic acids is 1. The molecule has 0 saturated carbocycles. The fourth-order valence-electron chi connectivity index (χ4n) is 1.77. The number of carboxylic acid groups (broad SMARTS) is 1. The number of carbonyl (C=O) groups excluding carboxylic acids is 1. The number of halogens is 1. The summed E-state index contributed by atoms with van der Waals surface area (Å²) in [6.07, 6.45) is 1.33. The van der Waals surface area contributed by atoms with Crippen LogP contribution in [-0.4, -0.2) is 26.1 Å². The smallest absolute Gasteiger partial charge is 0.303 e. The number of anilines is 1. The molecule has 6 nitrogen and oxygen atoms in total. The lowest BCUT2D eigenvalue weighted by molar-refractivity contribution is -0.137. The number of carboxylic acids is 1. The Bertz CT molecular complexity index is 584. The van der Waals surface area contributed by atoms with Crippen LogP contribution in [0, 0.1) is 0 Å². The number of hydrogen-bond donors (Lipinski definition) is 3. The average Bonchev–Trinajstić information content (AvgIpc) is 2.57. The van der Waals surface area contributed by atoms with Crippen LogP contribution >= 0.6 is 22.4 Å². The minimum atomic E-state index is -3.49. The third kappa shape index (κ3) is 2.80. The Hall–Kier alpha value is -1.54. The van der Waals surface area contributed by atoms with Crippen molar-refractivity contribution in [3.8, 4) is 0 Å². The van der Waals surface area contributed by atoms with E-state index in [-0.39, 0.29) is 10.8 Å². The summed E-state index contributed by atoms with van der Waals surface area (Å²) in [4.78, 5) is 22.2. The molecule has 0 unspecified atom stereocenters. The van der Waals surface area contributed by atoms with Gasteiger partial charge in [0.25, 0.3) is 5.91 Å². The molecule has 1 heterocycles. The van der Waals surface area contributed by atoms with Gasteiger partial charge in [-0.3, -0.25) is 18.7 Å². The maximum atomic E-state index is 11.7. The second-order valence-electron chi connectivity index (χ2n) is 4.16. The van der Waals surface area contributed by atoms with Gasteiger partial charge in [0.05, 0.1) is 5.69 Å². The summed E-state index contributed by atoms with van der Waals surface area (Å²) in [5.41, 5.74) is 1.07. The van der Waals surface area contributed by atoms with Crippen molar-refractivity contribution < 1.29 is 23.8 Å². The van der Waals surface area contributed by atoms with Gasteiger partial charge >= 0.3 is 5.97 Å². The maximum Gasteiger partial charge on any atom is 0.303 e. The van der Waals surface area contributed by atoms with Crippen LogP contribution in [0.1, 0.15) is 12.0 Å². The first-order valence-corrected chi connectivity index (χ1v) is 7.51. The number of benzene rings is 1. The van der Waals surface area contributed by atoms with E-state index in [0.29, 0.717) is 12.1 Å². The van der Waals surface area contributed by atoms with Crippen molar-refractivity contribution >= 4 is 39.9 Å². The first-order valence-electron chi connectivity index (χ1n) is 5.63. The van der Waals surface area contributed by atoms with Crippen molar-refractivity contribution in [1.82, 2.24) is 0 Å². The lowest BCUT2D eigenvalue weighted by Crippen LogP contribution is -2.27. The molecule has 0 bridgehead atoms. The Kier molecular flexibility index (Phi) is 4.05. The van der Waals surface area contributed by atoms with Crippen molar-refractivity contribution in [1.29, 1.82) is 0 Å². The number of hydrogen-bond acceptors (Lipinski definition) is 4. The zero-order chi connectivity index (χ0) is 14.9. The number of nitrogens with zero attached hydrogens (tertiary/aromatic N) is 1. The van der Waals surface area contributed by atoms with Crippen molar-refractivity contribution in [3.05, 3.63) is 40.3 Å². The summed E-state index contributed by atoms with van der Waals surface area (Å²) >= 11 is 5.63. The monoisotopic (exact) mass is 317 g/mol. The van der Waals surface area contributed by atoms with Gasteiger partial charge in [0, 0.05) is 12.5 Å². The third-order valence-electron chi connectivity index (χ3n) is 2.75. The van der Waals surface area contributed by atoms with Gasteiger partial charge in [-0.05, 0) is 24.1 Å². The highest BCUT2D eigenvalue weighted by molar-refractivity contribution is 8.30. The first kappa shape index (κ1) is 14.9. The van der Waals surface area contributed by atoms with Gasteiger partial charge in [0.1, 0.15) is 0 Å². The van der Waals surface area contributed by atoms with Crippen LogP contribution in [0.2, 0.25) is 0 Å². The molecule has 108 valence electrons. The lowest BCUT2D eigenvalue weighted by Gasteiger charge is -2.36. The second kappa shape index (κ2) is 5.45. The van der Waals surface area contributed by atoms with Crippen molar-refractivity contribution in [2.75, 3.05) is 4.31 Å².